The lowest BCUT2D eigenvalue weighted by molar-refractivity contribution is 0.0493. The van der Waals surface area contributed by atoms with Gasteiger partial charge < -0.3 is 24.4 Å². The van der Waals surface area contributed by atoms with Crippen LogP contribution in [-0.4, -0.2) is 43.3 Å². The molecule has 0 saturated carbocycles. The molecule has 7 nitrogen and oxygen atoms in total. The molecular formula is C23H27BrN2O5. The number of hydrogen-bond acceptors (Lipinski definition) is 5. The van der Waals surface area contributed by atoms with Crippen LogP contribution in [0.3, 0.4) is 0 Å². The molecule has 0 spiro atoms. The van der Waals surface area contributed by atoms with Crippen molar-refractivity contribution in [2.24, 2.45) is 0 Å². The Morgan fingerprint density at radius 2 is 1.87 bits per heavy atom. The van der Waals surface area contributed by atoms with Crippen molar-refractivity contribution < 1.29 is 23.8 Å². The average molecular weight is 491 g/mol. The number of fused-ring (bicyclic) bond motifs is 1. The van der Waals surface area contributed by atoms with Crippen molar-refractivity contribution in [1.82, 2.24) is 10.2 Å². The molecule has 1 N–H and O–H groups in total. The number of amides is 2. The fourth-order valence-corrected chi connectivity index (χ4v) is 3.91. The topological polar surface area (TPSA) is 77.1 Å². The molecule has 1 atom stereocenters. The van der Waals surface area contributed by atoms with Crippen molar-refractivity contribution in [3.8, 4) is 11.5 Å². The lowest BCUT2D eigenvalue weighted by Crippen LogP contribution is -2.39. The minimum atomic E-state index is -0.605. The van der Waals surface area contributed by atoms with E-state index in [9.17, 15) is 9.59 Å². The first kappa shape index (κ1) is 22.9. The summed E-state index contributed by atoms with van der Waals surface area (Å²) >= 11 is 3.48. The molecule has 1 aliphatic heterocycles. The smallest absolute Gasteiger partial charge is 0.407 e. The van der Waals surface area contributed by atoms with Gasteiger partial charge in [0.15, 0.2) is 0 Å². The number of benzene rings is 2. The van der Waals surface area contributed by atoms with E-state index in [1.165, 1.54) is 0 Å². The Bertz CT molecular complexity index is 986. The Morgan fingerprint density at radius 1 is 1.13 bits per heavy atom. The molecule has 3 rings (SSSR count). The number of rotatable bonds is 6. The predicted octanol–water partition coefficient (Wildman–Crippen LogP) is 4.69. The molecule has 8 heteroatoms. The van der Waals surface area contributed by atoms with Gasteiger partial charge in [-0.25, -0.2) is 4.79 Å². The first-order chi connectivity index (χ1) is 14.6. The molecule has 0 bridgehead atoms. The molecule has 31 heavy (non-hydrogen) atoms. The largest absolute Gasteiger partial charge is 0.497 e. The molecule has 1 aliphatic rings. The van der Waals surface area contributed by atoms with Gasteiger partial charge in [-0.05, 0) is 56.7 Å². The number of methoxy groups -OCH3 is 2. The summed E-state index contributed by atoms with van der Waals surface area (Å²) in [4.78, 5) is 27.2. The highest BCUT2D eigenvalue weighted by Gasteiger charge is 2.37. The number of halogens is 1. The van der Waals surface area contributed by atoms with Crippen LogP contribution in [0.15, 0.2) is 40.9 Å². The highest BCUT2D eigenvalue weighted by atomic mass is 79.9. The summed E-state index contributed by atoms with van der Waals surface area (Å²) in [7, 11) is 3.17. The van der Waals surface area contributed by atoms with E-state index in [0.29, 0.717) is 23.6 Å². The SMILES string of the molecule is COc1ccc(CN2C(=O)c3ccc(Br)cc3C2CNC(=O)OC(C)(C)C)c(OC)c1. The van der Waals surface area contributed by atoms with E-state index >= 15 is 0 Å². The minimum Gasteiger partial charge on any atom is -0.497 e. The van der Waals surface area contributed by atoms with Gasteiger partial charge in [0, 0.05) is 28.2 Å². The summed E-state index contributed by atoms with van der Waals surface area (Å²) in [6, 6.07) is 10.7. The number of carbonyl (C=O) groups is 2. The fraction of sp³-hybridized carbons (Fsp3) is 0.391. The van der Waals surface area contributed by atoms with E-state index in [0.717, 1.165) is 15.6 Å². The molecule has 2 aromatic carbocycles. The van der Waals surface area contributed by atoms with Crippen molar-refractivity contribution in [2.75, 3.05) is 20.8 Å². The summed E-state index contributed by atoms with van der Waals surface area (Å²) in [5.74, 6) is 1.20. The number of nitrogens with one attached hydrogen (secondary N) is 1. The van der Waals surface area contributed by atoms with E-state index in [-0.39, 0.29) is 18.5 Å². The lowest BCUT2D eigenvalue weighted by atomic mass is 10.0. The van der Waals surface area contributed by atoms with Crippen LogP contribution in [0, 0.1) is 0 Å². The monoisotopic (exact) mass is 490 g/mol. The number of nitrogens with zero attached hydrogens (tertiary/aromatic N) is 1. The van der Waals surface area contributed by atoms with Gasteiger partial charge >= 0.3 is 6.09 Å². The van der Waals surface area contributed by atoms with Crippen LogP contribution in [0.4, 0.5) is 4.79 Å². The molecule has 166 valence electrons. The van der Waals surface area contributed by atoms with Gasteiger partial charge in [0.25, 0.3) is 5.91 Å². The van der Waals surface area contributed by atoms with Gasteiger partial charge in [-0.1, -0.05) is 15.9 Å². The lowest BCUT2D eigenvalue weighted by Gasteiger charge is -2.27. The summed E-state index contributed by atoms with van der Waals surface area (Å²) < 4.78 is 17.0. The van der Waals surface area contributed by atoms with E-state index in [1.54, 1.807) is 52.0 Å². The second-order valence-corrected chi connectivity index (χ2v) is 9.16. The van der Waals surface area contributed by atoms with Crippen LogP contribution >= 0.6 is 15.9 Å². The second-order valence-electron chi connectivity index (χ2n) is 8.24. The highest BCUT2D eigenvalue weighted by Crippen LogP contribution is 2.37. The molecule has 2 aromatic rings. The first-order valence-corrected chi connectivity index (χ1v) is 10.7. The highest BCUT2D eigenvalue weighted by molar-refractivity contribution is 9.10. The summed E-state index contributed by atoms with van der Waals surface area (Å²) in [5.41, 5.74) is 1.70. The fourth-order valence-electron chi connectivity index (χ4n) is 3.53. The van der Waals surface area contributed by atoms with Crippen molar-refractivity contribution >= 4 is 27.9 Å². The van der Waals surface area contributed by atoms with Crippen LogP contribution in [0.1, 0.15) is 48.3 Å². The molecule has 1 heterocycles. The molecule has 0 aromatic heterocycles. The quantitative estimate of drug-likeness (QED) is 0.635. The number of alkyl carbamates (subject to hydrolysis) is 1. The van der Waals surface area contributed by atoms with Crippen molar-refractivity contribution in [2.45, 2.75) is 39.0 Å². The zero-order valence-corrected chi connectivity index (χ0v) is 19.9. The van der Waals surface area contributed by atoms with E-state index in [2.05, 4.69) is 21.2 Å². The maximum Gasteiger partial charge on any atom is 0.407 e. The average Bonchev–Trinajstić information content (AvgIpc) is 2.96. The molecule has 0 aliphatic carbocycles. The Balaban J connectivity index is 1.88. The standard InChI is InChI=1S/C23H27BrN2O5/c1-23(2,3)31-22(28)25-12-19-18-10-15(24)7-9-17(18)21(27)26(19)13-14-6-8-16(29-4)11-20(14)30-5/h6-11,19H,12-13H2,1-5H3,(H,25,28). The first-order valence-electron chi connectivity index (χ1n) is 9.91. The number of carbonyl (C=O) groups excluding carboxylic acids is 2. The van der Waals surface area contributed by atoms with Crippen LogP contribution in [-0.2, 0) is 11.3 Å². The molecule has 0 fully saturated rings. The van der Waals surface area contributed by atoms with Gasteiger partial charge in [0.05, 0.1) is 26.8 Å². The van der Waals surface area contributed by atoms with Crippen LogP contribution in [0.25, 0.3) is 0 Å². The number of hydrogen-bond donors (Lipinski definition) is 1. The minimum absolute atomic E-state index is 0.101. The van der Waals surface area contributed by atoms with Gasteiger partial charge in [-0.15, -0.1) is 0 Å². The zero-order chi connectivity index (χ0) is 22.8. The normalized spacial score (nSPS) is 15.5. The van der Waals surface area contributed by atoms with Crippen molar-refractivity contribution in [3.63, 3.8) is 0 Å². The third-order valence-corrected chi connectivity index (χ3v) is 5.41. The van der Waals surface area contributed by atoms with E-state index < -0.39 is 11.7 Å². The Hall–Kier alpha value is -2.74. The number of ether oxygens (including phenoxy) is 3. The van der Waals surface area contributed by atoms with Crippen LogP contribution in [0.5, 0.6) is 11.5 Å². The van der Waals surface area contributed by atoms with Gasteiger partial charge in [-0.3, -0.25) is 4.79 Å². The molecular weight excluding hydrogens is 464 g/mol. The van der Waals surface area contributed by atoms with Gasteiger partial charge in [-0.2, -0.15) is 0 Å². The Labute approximate surface area is 190 Å². The summed E-state index contributed by atoms with van der Waals surface area (Å²) in [5, 5.41) is 2.80. The third-order valence-electron chi connectivity index (χ3n) is 4.91. The van der Waals surface area contributed by atoms with Gasteiger partial charge in [0.2, 0.25) is 0 Å². The maximum absolute atomic E-state index is 13.2. The van der Waals surface area contributed by atoms with Crippen LogP contribution < -0.4 is 14.8 Å². The molecule has 1 unspecified atom stereocenters. The molecule has 0 saturated heterocycles. The maximum atomic E-state index is 13.2. The van der Waals surface area contributed by atoms with E-state index in [1.807, 2.05) is 24.3 Å². The Morgan fingerprint density at radius 3 is 2.52 bits per heavy atom. The Kier molecular flexibility index (Phi) is 6.79. The van der Waals surface area contributed by atoms with Crippen LogP contribution in [0.2, 0.25) is 0 Å². The molecule has 2 amide bonds. The predicted molar refractivity (Wildman–Crippen MR) is 121 cm³/mol. The van der Waals surface area contributed by atoms with E-state index in [4.69, 9.17) is 14.2 Å². The third kappa shape index (κ3) is 5.31. The summed E-state index contributed by atoms with van der Waals surface area (Å²) in [6.07, 6.45) is -0.523. The van der Waals surface area contributed by atoms with Gasteiger partial charge in [0.1, 0.15) is 17.1 Å². The molecule has 0 radical (unpaired) electrons. The second kappa shape index (κ2) is 9.18. The van der Waals surface area contributed by atoms with Crippen molar-refractivity contribution in [1.29, 1.82) is 0 Å². The van der Waals surface area contributed by atoms with Crippen molar-refractivity contribution in [3.05, 3.63) is 57.6 Å². The summed E-state index contributed by atoms with van der Waals surface area (Å²) in [6.45, 7) is 5.96. The zero-order valence-electron chi connectivity index (χ0n) is 18.3.